The number of aliphatic hydroxyl groups excluding tert-OH is 1. The molecule has 1 fully saturated rings. The Morgan fingerprint density at radius 3 is 2.79 bits per heavy atom. The number of aliphatic hydroxyl groups is 1. The smallest absolute Gasteiger partial charge is 0.334 e. The van der Waals surface area contributed by atoms with Crippen LogP contribution in [0.1, 0.15) is 33.1 Å². The summed E-state index contributed by atoms with van der Waals surface area (Å²) in [4.78, 5) is 36.5. The van der Waals surface area contributed by atoms with Crippen LogP contribution >= 0.6 is 0 Å². The van der Waals surface area contributed by atoms with Gasteiger partial charge in [0.05, 0.1) is 18.4 Å². The highest BCUT2D eigenvalue weighted by Crippen LogP contribution is 2.37. The Morgan fingerprint density at radius 2 is 2.21 bits per heavy atom. The van der Waals surface area contributed by atoms with E-state index in [-0.39, 0.29) is 18.1 Å². The maximum atomic E-state index is 12.6. The van der Waals surface area contributed by atoms with Gasteiger partial charge >= 0.3 is 11.9 Å². The van der Waals surface area contributed by atoms with Crippen molar-refractivity contribution in [1.82, 2.24) is 0 Å². The van der Waals surface area contributed by atoms with Gasteiger partial charge < -0.3 is 19.3 Å². The molecule has 7 heteroatoms. The Kier molecular flexibility index (Phi) is 7.71. The number of allylic oxidation sites excluding steroid dienone is 1. The minimum atomic E-state index is -0.971. The molecule has 1 aliphatic carbocycles. The van der Waals surface area contributed by atoms with E-state index >= 15 is 0 Å². The van der Waals surface area contributed by atoms with Crippen LogP contribution in [-0.4, -0.2) is 55.4 Å². The normalized spacial score (nSPS) is 32.9. The lowest BCUT2D eigenvalue weighted by molar-refractivity contribution is -0.164. The Morgan fingerprint density at radius 1 is 1.50 bits per heavy atom. The largest absolute Gasteiger partial charge is 0.458 e. The van der Waals surface area contributed by atoms with E-state index in [1.54, 1.807) is 19.1 Å². The number of carbonyl (C=O) groups is 3. The van der Waals surface area contributed by atoms with E-state index in [1.807, 2.05) is 6.92 Å². The number of esters is 2. The lowest BCUT2D eigenvalue weighted by Gasteiger charge is -2.33. The predicted molar refractivity (Wildman–Crippen MR) is 101 cm³/mol. The van der Waals surface area contributed by atoms with E-state index in [2.05, 4.69) is 6.58 Å². The van der Waals surface area contributed by atoms with Gasteiger partial charge in [0.15, 0.2) is 0 Å². The average molecular weight is 392 g/mol. The zero-order valence-corrected chi connectivity index (χ0v) is 16.6. The van der Waals surface area contributed by atoms with Crippen molar-refractivity contribution in [3.05, 3.63) is 35.5 Å². The minimum Gasteiger partial charge on any atom is -0.458 e. The summed E-state index contributed by atoms with van der Waals surface area (Å²) in [6.45, 7) is 7.22. The van der Waals surface area contributed by atoms with Crippen molar-refractivity contribution in [1.29, 1.82) is 0 Å². The van der Waals surface area contributed by atoms with Crippen LogP contribution in [0.25, 0.3) is 0 Å². The highest BCUT2D eigenvalue weighted by atomic mass is 16.6. The molecule has 0 aromatic heterocycles. The molecule has 1 aliphatic heterocycles. The van der Waals surface area contributed by atoms with Gasteiger partial charge in [-0.05, 0) is 30.9 Å². The molecule has 1 saturated heterocycles. The molecule has 0 saturated carbocycles. The Bertz CT molecular complexity index is 691. The Balaban J connectivity index is 2.56. The number of ether oxygens (including phenoxy) is 3. The van der Waals surface area contributed by atoms with Crippen LogP contribution in [0.15, 0.2) is 35.5 Å². The van der Waals surface area contributed by atoms with Crippen molar-refractivity contribution in [3.8, 4) is 0 Å². The maximum Gasteiger partial charge on any atom is 0.334 e. The molecule has 5 atom stereocenters. The molecule has 1 N–H and O–H groups in total. The molecule has 0 amide bonds. The molecule has 0 aromatic rings. The van der Waals surface area contributed by atoms with Crippen molar-refractivity contribution in [2.45, 2.75) is 51.4 Å². The zero-order chi connectivity index (χ0) is 20.8. The fourth-order valence-corrected chi connectivity index (χ4v) is 3.43. The maximum absolute atomic E-state index is 12.6. The summed E-state index contributed by atoms with van der Waals surface area (Å²) in [5.74, 6) is -2.13. The SMILES string of the molecule is C=C1C(=O)O[C@@H]2/C=C(\CO)CC/C=C(/C=O)[C@@H](OC)[C@@H](OC(=O)[C@H](C)CC)[C@@H]12. The van der Waals surface area contributed by atoms with Crippen LogP contribution in [-0.2, 0) is 28.6 Å². The summed E-state index contributed by atoms with van der Waals surface area (Å²) >= 11 is 0. The summed E-state index contributed by atoms with van der Waals surface area (Å²) in [5.41, 5.74) is 1.13. The third kappa shape index (κ3) is 4.59. The second-order valence-electron chi connectivity index (χ2n) is 7.13. The first kappa shape index (κ1) is 22.0. The molecule has 1 heterocycles. The van der Waals surface area contributed by atoms with Crippen LogP contribution in [0.4, 0.5) is 0 Å². The lowest BCUT2D eigenvalue weighted by Crippen LogP contribution is -2.44. The van der Waals surface area contributed by atoms with Crippen molar-refractivity contribution < 1.29 is 33.7 Å². The third-order valence-electron chi connectivity index (χ3n) is 5.35. The molecule has 28 heavy (non-hydrogen) atoms. The third-order valence-corrected chi connectivity index (χ3v) is 5.35. The van der Waals surface area contributed by atoms with E-state index in [9.17, 15) is 19.5 Å². The summed E-state index contributed by atoms with van der Waals surface area (Å²) in [6.07, 6.45) is 3.01. The molecule has 154 valence electrons. The molecule has 0 aromatic carbocycles. The van der Waals surface area contributed by atoms with Crippen LogP contribution < -0.4 is 0 Å². The quantitative estimate of drug-likeness (QED) is 0.319. The second-order valence-corrected chi connectivity index (χ2v) is 7.13. The van der Waals surface area contributed by atoms with Gasteiger partial charge in [-0.25, -0.2) is 4.79 Å². The van der Waals surface area contributed by atoms with Gasteiger partial charge in [0, 0.05) is 18.3 Å². The fraction of sp³-hybridized carbons (Fsp3) is 0.571. The second kappa shape index (κ2) is 9.80. The number of rotatable bonds is 6. The van der Waals surface area contributed by atoms with Crippen molar-refractivity contribution in [2.75, 3.05) is 13.7 Å². The van der Waals surface area contributed by atoms with E-state index in [4.69, 9.17) is 14.2 Å². The standard InChI is InChI=1S/C21H28O7/c1-5-12(2)20(24)28-19-17-13(3)21(25)27-16(17)9-14(10-22)7-6-8-15(11-23)18(19)26-4/h8-9,11-12,16-19,22H,3,5-7,10H2,1-2,4H3/b14-9-,15-8-/t12-,16-,17+,18-,19+/m1/s1. The first-order valence-electron chi connectivity index (χ1n) is 9.46. The molecule has 0 unspecified atom stereocenters. The van der Waals surface area contributed by atoms with Gasteiger partial charge in [0.1, 0.15) is 24.6 Å². The van der Waals surface area contributed by atoms with Gasteiger partial charge in [-0.15, -0.1) is 0 Å². The van der Waals surface area contributed by atoms with Crippen LogP contribution in [0.5, 0.6) is 0 Å². The predicted octanol–water partition coefficient (Wildman–Crippen LogP) is 1.89. The van der Waals surface area contributed by atoms with Gasteiger partial charge in [-0.1, -0.05) is 26.5 Å². The molecular formula is C21H28O7. The van der Waals surface area contributed by atoms with Gasteiger partial charge in [0.25, 0.3) is 0 Å². The topological polar surface area (TPSA) is 99.1 Å². The molecule has 0 radical (unpaired) electrons. The molecule has 2 aliphatic rings. The molecule has 0 spiro atoms. The monoisotopic (exact) mass is 392 g/mol. The van der Waals surface area contributed by atoms with E-state index in [0.29, 0.717) is 36.7 Å². The van der Waals surface area contributed by atoms with E-state index < -0.39 is 36.2 Å². The number of carbonyl (C=O) groups excluding carboxylic acids is 3. The van der Waals surface area contributed by atoms with Crippen LogP contribution in [0, 0.1) is 11.8 Å². The van der Waals surface area contributed by atoms with Gasteiger partial charge in [0.2, 0.25) is 0 Å². The van der Waals surface area contributed by atoms with Crippen molar-refractivity contribution in [3.63, 3.8) is 0 Å². The number of methoxy groups -OCH3 is 1. The first-order chi connectivity index (χ1) is 13.4. The van der Waals surface area contributed by atoms with Crippen LogP contribution in [0.2, 0.25) is 0 Å². The highest BCUT2D eigenvalue weighted by Gasteiger charge is 2.48. The first-order valence-corrected chi connectivity index (χ1v) is 9.46. The Labute approximate surface area is 165 Å². The molecular weight excluding hydrogens is 364 g/mol. The highest BCUT2D eigenvalue weighted by molar-refractivity contribution is 5.91. The Hall–Kier alpha value is -2.25. The van der Waals surface area contributed by atoms with Crippen molar-refractivity contribution in [2.24, 2.45) is 11.8 Å². The summed E-state index contributed by atoms with van der Waals surface area (Å²) in [5, 5.41) is 9.63. The summed E-state index contributed by atoms with van der Waals surface area (Å²) in [7, 11) is 1.42. The number of hydrogen-bond donors (Lipinski definition) is 1. The zero-order valence-electron chi connectivity index (χ0n) is 16.6. The number of aldehydes is 1. The van der Waals surface area contributed by atoms with E-state index in [1.165, 1.54) is 7.11 Å². The number of fused-ring (bicyclic) bond motifs is 1. The lowest BCUT2D eigenvalue weighted by atomic mass is 9.83. The van der Waals surface area contributed by atoms with Gasteiger partial charge in [-0.2, -0.15) is 0 Å². The molecule has 7 nitrogen and oxygen atoms in total. The summed E-state index contributed by atoms with van der Waals surface area (Å²) < 4.78 is 16.7. The van der Waals surface area contributed by atoms with Gasteiger partial charge in [-0.3, -0.25) is 9.59 Å². The molecule has 2 rings (SSSR count). The average Bonchev–Trinajstić information content (AvgIpc) is 2.97. The summed E-state index contributed by atoms with van der Waals surface area (Å²) in [6, 6.07) is 0. The fourth-order valence-electron chi connectivity index (χ4n) is 3.43. The molecule has 0 bridgehead atoms. The van der Waals surface area contributed by atoms with E-state index in [0.717, 1.165) is 0 Å². The van der Waals surface area contributed by atoms with Crippen LogP contribution in [0.3, 0.4) is 0 Å². The number of hydrogen-bond acceptors (Lipinski definition) is 7. The van der Waals surface area contributed by atoms with Crippen molar-refractivity contribution >= 4 is 18.2 Å². The minimum absolute atomic E-state index is 0.147.